The number of benzene rings is 1. The molecule has 0 fully saturated rings. The van der Waals surface area contributed by atoms with E-state index in [1.54, 1.807) is 0 Å². The summed E-state index contributed by atoms with van der Waals surface area (Å²) < 4.78 is 0. The van der Waals surface area contributed by atoms with Crippen molar-refractivity contribution in [1.29, 1.82) is 0 Å². The molecule has 4 nitrogen and oxygen atoms in total. The molecule has 0 bridgehead atoms. The van der Waals surface area contributed by atoms with E-state index in [2.05, 4.69) is 10.6 Å². The van der Waals surface area contributed by atoms with Crippen LogP contribution in [-0.2, 0) is 13.0 Å². The van der Waals surface area contributed by atoms with E-state index in [9.17, 15) is 4.79 Å². The maximum atomic E-state index is 11.7. The van der Waals surface area contributed by atoms with Crippen molar-refractivity contribution in [3.63, 3.8) is 0 Å². The molecule has 2 rings (SSSR count). The first kappa shape index (κ1) is 11.1. The van der Waals surface area contributed by atoms with E-state index >= 15 is 0 Å². The third kappa shape index (κ3) is 2.40. The Morgan fingerprint density at radius 3 is 3.12 bits per heavy atom. The first-order chi connectivity index (χ1) is 7.81. The number of rotatable bonds is 3. The molecular weight excluding hydrogens is 204 g/mol. The van der Waals surface area contributed by atoms with Gasteiger partial charge in [-0.15, -0.1) is 0 Å². The molecule has 0 saturated carbocycles. The minimum absolute atomic E-state index is 0.0272. The van der Waals surface area contributed by atoms with Crippen LogP contribution in [0.4, 0.5) is 0 Å². The Labute approximate surface area is 94.7 Å². The molecule has 3 N–H and O–H groups in total. The van der Waals surface area contributed by atoms with Crippen molar-refractivity contribution in [3.8, 4) is 0 Å². The lowest BCUT2D eigenvalue weighted by Crippen LogP contribution is -2.28. The van der Waals surface area contributed by atoms with Gasteiger partial charge >= 0.3 is 0 Å². The summed E-state index contributed by atoms with van der Waals surface area (Å²) in [5.41, 5.74) is 3.19. The first-order valence-electron chi connectivity index (χ1n) is 5.53. The molecule has 16 heavy (non-hydrogen) atoms. The minimum Gasteiger partial charge on any atom is -0.395 e. The molecule has 1 aromatic carbocycles. The molecule has 0 aromatic heterocycles. The number of hydrogen-bond acceptors (Lipinski definition) is 3. The van der Waals surface area contributed by atoms with Crippen LogP contribution >= 0.6 is 0 Å². The number of carbonyl (C=O) groups is 1. The lowest BCUT2D eigenvalue weighted by molar-refractivity contribution is 0.0944. The van der Waals surface area contributed by atoms with Crippen molar-refractivity contribution < 1.29 is 9.90 Å². The van der Waals surface area contributed by atoms with Gasteiger partial charge in [-0.25, -0.2) is 0 Å². The number of hydrogen-bond donors (Lipinski definition) is 3. The van der Waals surface area contributed by atoms with E-state index in [0.29, 0.717) is 12.1 Å². The van der Waals surface area contributed by atoms with Gasteiger partial charge < -0.3 is 15.7 Å². The fourth-order valence-electron chi connectivity index (χ4n) is 1.89. The van der Waals surface area contributed by atoms with Crippen LogP contribution in [-0.4, -0.2) is 30.7 Å². The highest BCUT2D eigenvalue weighted by atomic mass is 16.3. The fourth-order valence-corrected chi connectivity index (χ4v) is 1.89. The zero-order valence-electron chi connectivity index (χ0n) is 9.12. The molecule has 0 unspecified atom stereocenters. The van der Waals surface area contributed by atoms with Crippen molar-refractivity contribution in [2.24, 2.45) is 0 Å². The summed E-state index contributed by atoms with van der Waals surface area (Å²) in [4.78, 5) is 11.7. The monoisotopic (exact) mass is 220 g/mol. The van der Waals surface area contributed by atoms with Gasteiger partial charge in [0.15, 0.2) is 0 Å². The highest BCUT2D eigenvalue weighted by molar-refractivity contribution is 5.94. The van der Waals surface area contributed by atoms with Gasteiger partial charge in [0.1, 0.15) is 0 Å². The summed E-state index contributed by atoms with van der Waals surface area (Å²) in [5.74, 6) is -0.115. The number of nitrogens with one attached hydrogen (secondary N) is 2. The van der Waals surface area contributed by atoms with Crippen LogP contribution in [0.2, 0.25) is 0 Å². The SMILES string of the molecule is O=C(NCCO)c1ccc2c(c1)CCNC2. The summed E-state index contributed by atoms with van der Waals surface area (Å²) in [7, 11) is 0. The zero-order chi connectivity index (χ0) is 11.4. The lowest BCUT2D eigenvalue weighted by atomic mass is 9.98. The summed E-state index contributed by atoms with van der Waals surface area (Å²) in [6.07, 6.45) is 0.969. The Kier molecular flexibility index (Phi) is 3.54. The Hall–Kier alpha value is -1.39. The van der Waals surface area contributed by atoms with Gasteiger partial charge in [-0.1, -0.05) is 6.07 Å². The molecule has 4 heteroatoms. The van der Waals surface area contributed by atoms with Crippen molar-refractivity contribution in [3.05, 3.63) is 34.9 Å². The quantitative estimate of drug-likeness (QED) is 0.674. The fraction of sp³-hybridized carbons (Fsp3) is 0.417. The third-order valence-electron chi connectivity index (χ3n) is 2.75. The second-order valence-corrected chi connectivity index (χ2v) is 3.89. The maximum Gasteiger partial charge on any atom is 0.251 e. The van der Waals surface area contributed by atoms with E-state index in [1.807, 2.05) is 18.2 Å². The highest BCUT2D eigenvalue weighted by Crippen LogP contribution is 2.15. The molecule has 0 atom stereocenters. The Bertz CT molecular complexity index is 391. The largest absolute Gasteiger partial charge is 0.395 e. The number of fused-ring (bicyclic) bond motifs is 1. The smallest absolute Gasteiger partial charge is 0.251 e. The van der Waals surface area contributed by atoms with E-state index in [0.717, 1.165) is 19.5 Å². The molecule has 1 aromatic rings. The van der Waals surface area contributed by atoms with Gasteiger partial charge in [-0.2, -0.15) is 0 Å². The summed E-state index contributed by atoms with van der Waals surface area (Å²) >= 11 is 0. The minimum atomic E-state index is -0.115. The molecule has 86 valence electrons. The zero-order valence-corrected chi connectivity index (χ0v) is 9.12. The van der Waals surface area contributed by atoms with Crippen LogP contribution in [0, 0.1) is 0 Å². The van der Waals surface area contributed by atoms with Gasteiger partial charge in [-0.05, 0) is 36.2 Å². The predicted octanol–water partition coefficient (Wildman–Crippen LogP) is 0.0544. The lowest BCUT2D eigenvalue weighted by Gasteiger charge is -2.17. The van der Waals surface area contributed by atoms with Crippen LogP contribution in [0.5, 0.6) is 0 Å². The van der Waals surface area contributed by atoms with Gasteiger partial charge in [0.2, 0.25) is 0 Å². The molecular formula is C12H16N2O2. The molecule has 1 amide bonds. The number of amides is 1. The highest BCUT2D eigenvalue weighted by Gasteiger charge is 2.11. The summed E-state index contributed by atoms with van der Waals surface area (Å²) in [5, 5.41) is 14.6. The van der Waals surface area contributed by atoms with Crippen LogP contribution < -0.4 is 10.6 Å². The van der Waals surface area contributed by atoms with Crippen molar-refractivity contribution in [2.45, 2.75) is 13.0 Å². The van der Waals surface area contributed by atoms with E-state index in [4.69, 9.17) is 5.11 Å². The normalized spacial score (nSPS) is 14.3. The van der Waals surface area contributed by atoms with Gasteiger partial charge in [-0.3, -0.25) is 4.79 Å². The maximum absolute atomic E-state index is 11.7. The van der Waals surface area contributed by atoms with Gasteiger partial charge in [0, 0.05) is 18.7 Å². The van der Waals surface area contributed by atoms with Crippen LogP contribution in [0.3, 0.4) is 0 Å². The summed E-state index contributed by atoms with van der Waals surface area (Å²) in [6.45, 7) is 2.13. The molecule has 0 radical (unpaired) electrons. The number of carbonyl (C=O) groups excluding carboxylic acids is 1. The van der Waals surface area contributed by atoms with Crippen molar-refractivity contribution in [1.82, 2.24) is 10.6 Å². The Morgan fingerprint density at radius 1 is 1.44 bits per heavy atom. The standard InChI is InChI=1S/C12H16N2O2/c15-6-5-14-12(16)10-1-2-11-8-13-4-3-9(11)7-10/h1-2,7,13,15H,3-6,8H2,(H,14,16). The Balaban J connectivity index is 2.13. The number of aliphatic hydroxyl groups excluding tert-OH is 1. The molecule has 0 aliphatic carbocycles. The van der Waals surface area contributed by atoms with Crippen LogP contribution in [0.25, 0.3) is 0 Å². The second kappa shape index (κ2) is 5.09. The van der Waals surface area contributed by atoms with Gasteiger partial charge in [0.05, 0.1) is 6.61 Å². The average molecular weight is 220 g/mol. The molecule has 1 heterocycles. The second-order valence-electron chi connectivity index (χ2n) is 3.89. The molecule has 1 aliphatic rings. The van der Waals surface area contributed by atoms with Crippen LogP contribution in [0.15, 0.2) is 18.2 Å². The molecule has 0 spiro atoms. The van der Waals surface area contributed by atoms with E-state index in [-0.39, 0.29) is 12.5 Å². The summed E-state index contributed by atoms with van der Waals surface area (Å²) in [6, 6.07) is 5.77. The van der Waals surface area contributed by atoms with Gasteiger partial charge in [0.25, 0.3) is 5.91 Å². The van der Waals surface area contributed by atoms with E-state index < -0.39 is 0 Å². The van der Waals surface area contributed by atoms with Crippen molar-refractivity contribution >= 4 is 5.91 Å². The average Bonchev–Trinajstić information content (AvgIpc) is 2.35. The van der Waals surface area contributed by atoms with E-state index in [1.165, 1.54) is 11.1 Å². The molecule has 0 saturated heterocycles. The van der Waals surface area contributed by atoms with Crippen LogP contribution in [0.1, 0.15) is 21.5 Å². The molecule has 1 aliphatic heterocycles. The number of aliphatic hydroxyl groups is 1. The predicted molar refractivity (Wildman–Crippen MR) is 61.3 cm³/mol. The van der Waals surface area contributed by atoms with Crippen molar-refractivity contribution in [2.75, 3.05) is 19.7 Å². The first-order valence-corrected chi connectivity index (χ1v) is 5.53. The third-order valence-corrected chi connectivity index (χ3v) is 2.75. The topological polar surface area (TPSA) is 61.4 Å². The Morgan fingerprint density at radius 2 is 2.31 bits per heavy atom.